The van der Waals surface area contributed by atoms with Gasteiger partial charge in [0.05, 0.1) is 10.0 Å². The Morgan fingerprint density at radius 3 is 2.44 bits per heavy atom. The molecule has 1 unspecified atom stereocenters. The molecule has 100 valence electrons. The molecule has 1 nitrogen and oxygen atoms in total. The van der Waals surface area contributed by atoms with E-state index in [2.05, 4.69) is 0 Å². The highest BCUT2D eigenvalue weighted by Gasteiger charge is 2.19. The molecule has 1 fully saturated rings. The van der Waals surface area contributed by atoms with Gasteiger partial charge in [-0.05, 0) is 24.0 Å². The molecular formula is C15H21Cl2N. The lowest BCUT2D eigenvalue weighted by atomic mass is 9.90. The van der Waals surface area contributed by atoms with Crippen LogP contribution in [0.3, 0.4) is 0 Å². The Hall–Kier alpha value is -0.240. The van der Waals surface area contributed by atoms with Crippen molar-refractivity contribution in [3.63, 3.8) is 0 Å². The second kappa shape index (κ2) is 6.79. The molecule has 0 spiro atoms. The monoisotopic (exact) mass is 285 g/mol. The summed E-state index contributed by atoms with van der Waals surface area (Å²) >= 11 is 12.3. The molecule has 1 aromatic rings. The van der Waals surface area contributed by atoms with E-state index in [1.54, 1.807) is 0 Å². The lowest BCUT2D eigenvalue weighted by Gasteiger charge is -2.20. The molecule has 2 rings (SSSR count). The SMILES string of the molecule is NC(CC1CCCCCC1)c1cccc(Cl)c1Cl. The topological polar surface area (TPSA) is 26.0 Å². The van der Waals surface area contributed by atoms with Gasteiger partial charge in [-0.3, -0.25) is 0 Å². The van der Waals surface area contributed by atoms with Crippen LogP contribution in [0.15, 0.2) is 18.2 Å². The largest absolute Gasteiger partial charge is 0.324 e. The van der Waals surface area contributed by atoms with Crippen molar-refractivity contribution < 1.29 is 0 Å². The van der Waals surface area contributed by atoms with Gasteiger partial charge >= 0.3 is 0 Å². The Balaban J connectivity index is 2.02. The van der Waals surface area contributed by atoms with E-state index in [9.17, 15) is 0 Å². The van der Waals surface area contributed by atoms with Gasteiger partial charge in [0, 0.05) is 6.04 Å². The molecule has 1 saturated carbocycles. The van der Waals surface area contributed by atoms with Gasteiger partial charge < -0.3 is 5.73 Å². The Labute approximate surface area is 120 Å². The highest BCUT2D eigenvalue weighted by Crippen LogP contribution is 2.34. The third kappa shape index (κ3) is 3.63. The maximum absolute atomic E-state index is 6.30. The van der Waals surface area contributed by atoms with Gasteiger partial charge in [-0.1, -0.05) is 73.9 Å². The summed E-state index contributed by atoms with van der Waals surface area (Å²) < 4.78 is 0. The van der Waals surface area contributed by atoms with Gasteiger partial charge in [0.25, 0.3) is 0 Å². The molecule has 2 N–H and O–H groups in total. The van der Waals surface area contributed by atoms with Crippen LogP contribution >= 0.6 is 23.2 Å². The van der Waals surface area contributed by atoms with Crippen LogP contribution in [-0.4, -0.2) is 0 Å². The maximum Gasteiger partial charge on any atom is 0.0640 e. The van der Waals surface area contributed by atoms with Gasteiger partial charge in [-0.2, -0.15) is 0 Å². The van der Waals surface area contributed by atoms with E-state index in [0.29, 0.717) is 10.0 Å². The molecule has 3 heteroatoms. The zero-order valence-corrected chi connectivity index (χ0v) is 12.2. The molecule has 0 bridgehead atoms. The van der Waals surface area contributed by atoms with Gasteiger partial charge in [0.15, 0.2) is 0 Å². The highest BCUT2D eigenvalue weighted by atomic mass is 35.5. The summed E-state index contributed by atoms with van der Waals surface area (Å²) in [6, 6.07) is 5.75. The Bertz CT molecular complexity index is 384. The van der Waals surface area contributed by atoms with Crippen molar-refractivity contribution in [2.75, 3.05) is 0 Å². The van der Waals surface area contributed by atoms with E-state index in [4.69, 9.17) is 28.9 Å². The average molecular weight is 286 g/mol. The Morgan fingerprint density at radius 1 is 1.11 bits per heavy atom. The first-order valence-electron chi connectivity index (χ1n) is 6.88. The summed E-state index contributed by atoms with van der Waals surface area (Å²) in [6.07, 6.45) is 9.10. The van der Waals surface area contributed by atoms with Crippen molar-refractivity contribution >= 4 is 23.2 Å². The van der Waals surface area contributed by atoms with Crippen molar-refractivity contribution in [2.24, 2.45) is 11.7 Å². The molecule has 0 radical (unpaired) electrons. The minimum Gasteiger partial charge on any atom is -0.324 e. The lowest BCUT2D eigenvalue weighted by molar-refractivity contribution is 0.393. The summed E-state index contributed by atoms with van der Waals surface area (Å²) in [5.74, 6) is 0.748. The van der Waals surface area contributed by atoms with E-state index in [-0.39, 0.29) is 6.04 Å². The Kier molecular flexibility index (Phi) is 5.35. The van der Waals surface area contributed by atoms with Crippen molar-refractivity contribution in [1.82, 2.24) is 0 Å². The maximum atomic E-state index is 6.30. The predicted octanol–water partition coefficient (Wildman–Crippen LogP) is 5.35. The van der Waals surface area contributed by atoms with Crippen LogP contribution in [0, 0.1) is 5.92 Å². The third-order valence-corrected chi connectivity index (χ3v) is 4.78. The molecule has 0 aliphatic heterocycles. The normalized spacial score (nSPS) is 19.5. The molecule has 1 aromatic carbocycles. The van der Waals surface area contributed by atoms with Gasteiger partial charge in [-0.15, -0.1) is 0 Å². The predicted molar refractivity (Wildman–Crippen MR) is 79.2 cm³/mol. The molecule has 1 aliphatic rings. The summed E-state index contributed by atoms with van der Waals surface area (Å²) in [4.78, 5) is 0. The third-order valence-electron chi connectivity index (χ3n) is 3.94. The van der Waals surface area contributed by atoms with Crippen molar-refractivity contribution in [3.05, 3.63) is 33.8 Å². The number of nitrogens with two attached hydrogens (primary N) is 1. The summed E-state index contributed by atoms with van der Waals surface area (Å²) in [5.41, 5.74) is 7.30. The minimum absolute atomic E-state index is 0.0132. The number of hydrogen-bond acceptors (Lipinski definition) is 1. The van der Waals surface area contributed by atoms with Gasteiger partial charge in [0.1, 0.15) is 0 Å². The average Bonchev–Trinajstić information content (AvgIpc) is 2.61. The van der Waals surface area contributed by atoms with Crippen LogP contribution in [0.25, 0.3) is 0 Å². The van der Waals surface area contributed by atoms with E-state index in [0.717, 1.165) is 17.9 Å². The molecule has 0 amide bonds. The second-order valence-electron chi connectivity index (χ2n) is 5.34. The molecule has 1 aliphatic carbocycles. The number of hydrogen-bond donors (Lipinski definition) is 1. The summed E-state index contributed by atoms with van der Waals surface area (Å²) in [5, 5.41) is 1.23. The molecule has 0 saturated heterocycles. The number of rotatable bonds is 3. The Morgan fingerprint density at radius 2 is 1.78 bits per heavy atom. The zero-order valence-electron chi connectivity index (χ0n) is 10.7. The molecule has 0 heterocycles. The molecule has 1 atom stereocenters. The first-order chi connectivity index (χ1) is 8.68. The van der Waals surface area contributed by atoms with Gasteiger partial charge in [-0.25, -0.2) is 0 Å². The van der Waals surface area contributed by atoms with Crippen molar-refractivity contribution in [2.45, 2.75) is 51.0 Å². The summed E-state index contributed by atoms with van der Waals surface area (Å²) in [7, 11) is 0. The van der Waals surface area contributed by atoms with Crippen molar-refractivity contribution in [1.29, 1.82) is 0 Å². The van der Waals surface area contributed by atoms with Gasteiger partial charge in [0.2, 0.25) is 0 Å². The summed E-state index contributed by atoms with van der Waals surface area (Å²) in [6.45, 7) is 0. The first kappa shape index (κ1) is 14.2. The van der Waals surface area contributed by atoms with Crippen LogP contribution < -0.4 is 5.73 Å². The first-order valence-corrected chi connectivity index (χ1v) is 7.63. The second-order valence-corrected chi connectivity index (χ2v) is 6.13. The fourth-order valence-corrected chi connectivity index (χ4v) is 3.34. The highest BCUT2D eigenvalue weighted by molar-refractivity contribution is 6.42. The van der Waals surface area contributed by atoms with E-state index in [1.807, 2.05) is 18.2 Å². The van der Waals surface area contributed by atoms with Crippen LogP contribution in [-0.2, 0) is 0 Å². The van der Waals surface area contributed by atoms with Crippen LogP contribution in [0.4, 0.5) is 0 Å². The van der Waals surface area contributed by atoms with Crippen molar-refractivity contribution in [3.8, 4) is 0 Å². The van der Waals surface area contributed by atoms with E-state index in [1.165, 1.54) is 38.5 Å². The molecule has 18 heavy (non-hydrogen) atoms. The van der Waals surface area contributed by atoms with Crippen LogP contribution in [0.1, 0.15) is 56.6 Å². The fraction of sp³-hybridized carbons (Fsp3) is 0.600. The fourth-order valence-electron chi connectivity index (χ4n) is 2.89. The lowest BCUT2D eigenvalue weighted by Crippen LogP contribution is -2.16. The standard InChI is InChI=1S/C15H21Cl2N/c16-13-9-5-8-12(15(13)17)14(18)10-11-6-3-1-2-4-7-11/h5,8-9,11,14H,1-4,6-7,10,18H2. The van der Waals surface area contributed by atoms with E-state index >= 15 is 0 Å². The molecular weight excluding hydrogens is 265 g/mol. The number of benzene rings is 1. The quantitative estimate of drug-likeness (QED) is 0.744. The minimum atomic E-state index is 0.0132. The number of halogens is 2. The van der Waals surface area contributed by atoms with Crippen LogP contribution in [0.2, 0.25) is 10.0 Å². The van der Waals surface area contributed by atoms with E-state index < -0.39 is 0 Å². The van der Waals surface area contributed by atoms with Crippen LogP contribution in [0.5, 0.6) is 0 Å². The smallest absolute Gasteiger partial charge is 0.0640 e. The zero-order chi connectivity index (χ0) is 13.0. The molecule has 0 aromatic heterocycles.